The fourth-order valence-electron chi connectivity index (χ4n) is 0.988. The first kappa shape index (κ1) is 12.5. The van der Waals surface area contributed by atoms with Gasteiger partial charge in [0.1, 0.15) is 5.69 Å². The van der Waals surface area contributed by atoms with Crippen LogP contribution in [0.1, 0.15) is 17.7 Å². The smallest absolute Gasteiger partial charge is 0.319 e. The summed E-state index contributed by atoms with van der Waals surface area (Å²) in [5.41, 5.74) is -0.405. The third-order valence-corrected chi connectivity index (χ3v) is 1.79. The van der Waals surface area contributed by atoms with Crippen molar-refractivity contribution in [3.8, 4) is 11.8 Å². The number of nitrogens with one attached hydrogen (secondary N) is 1. The van der Waals surface area contributed by atoms with Gasteiger partial charge in [0.15, 0.2) is 0 Å². The molecular formula is C11H11F3N2. The maximum Gasteiger partial charge on any atom is 0.433 e. The molecule has 0 aliphatic rings. The molecule has 86 valence electrons. The monoisotopic (exact) mass is 228 g/mol. The van der Waals surface area contributed by atoms with Crippen LogP contribution in [0.5, 0.6) is 0 Å². The topological polar surface area (TPSA) is 24.9 Å². The molecule has 16 heavy (non-hydrogen) atoms. The van der Waals surface area contributed by atoms with Crippen LogP contribution in [0.25, 0.3) is 0 Å². The fourth-order valence-corrected chi connectivity index (χ4v) is 0.988. The Morgan fingerprint density at radius 1 is 1.38 bits per heavy atom. The Hall–Kier alpha value is -1.54. The Bertz CT molecular complexity index is 384. The minimum absolute atomic E-state index is 0.490. The quantitative estimate of drug-likeness (QED) is 0.619. The Balaban J connectivity index is 2.67. The second-order valence-corrected chi connectivity index (χ2v) is 3.09. The van der Waals surface area contributed by atoms with Crippen LogP contribution in [0.2, 0.25) is 0 Å². The van der Waals surface area contributed by atoms with E-state index < -0.39 is 11.9 Å². The molecule has 2 nitrogen and oxygen atoms in total. The summed E-state index contributed by atoms with van der Waals surface area (Å²) in [5.74, 6) is 5.57. The van der Waals surface area contributed by atoms with Crippen LogP contribution in [-0.4, -0.2) is 18.6 Å². The van der Waals surface area contributed by atoms with Gasteiger partial charge in [-0.2, -0.15) is 13.2 Å². The largest absolute Gasteiger partial charge is 0.433 e. The summed E-state index contributed by atoms with van der Waals surface area (Å²) in [4.78, 5) is 3.31. The van der Waals surface area contributed by atoms with Crippen molar-refractivity contribution in [1.82, 2.24) is 10.3 Å². The molecule has 0 radical (unpaired) electrons. The molecule has 1 aromatic rings. The van der Waals surface area contributed by atoms with E-state index in [9.17, 15) is 13.2 Å². The third kappa shape index (κ3) is 3.91. The molecule has 0 amide bonds. The van der Waals surface area contributed by atoms with E-state index in [-0.39, 0.29) is 0 Å². The predicted molar refractivity (Wildman–Crippen MR) is 54.7 cm³/mol. The average Bonchev–Trinajstić information content (AvgIpc) is 2.24. The summed E-state index contributed by atoms with van der Waals surface area (Å²) >= 11 is 0. The van der Waals surface area contributed by atoms with E-state index in [0.29, 0.717) is 12.0 Å². The zero-order chi connectivity index (χ0) is 12.0. The molecule has 0 unspecified atom stereocenters. The van der Waals surface area contributed by atoms with Gasteiger partial charge in [-0.15, -0.1) is 0 Å². The van der Waals surface area contributed by atoms with Gasteiger partial charge >= 0.3 is 6.18 Å². The van der Waals surface area contributed by atoms with E-state index in [1.54, 1.807) is 7.05 Å². The van der Waals surface area contributed by atoms with Gasteiger partial charge in [0, 0.05) is 24.7 Å². The van der Waals surface area contributed by atoms with Crippen LogP contribution >= 0.6 is 0 Å². The molecule has 0 aliphatic heterocycles. The zero-order valence-electron chi connectivity index (χ0n) is 8.73. The van der Waals surface area contributed by atoms with E-state index in [2.05, 4.69) is 22.1 Å². The Kier molecular flexibility index (Phi) is 4.32. The molecular weight excluding hydrogens is 217 g/mol. The number of halogens is 3. The zero-order valence-corrected chi connectivity index (χ0v) is 8.73. The second-order valence-electron chi connectivity index (χ2n) is 3.09. The third-order valence-electron chi connectivity index (χ3n) is 1.79. The predicted octanol–water partition coefficient (Wildman–Crippen LogP) is 2.06. The minimum atomic E-state index is -4.39. The van der Waals surface area contributed by atoms with E-state index in [0.717, 1.165) is 18.8 Å². The van der Waals surface area contributed by atoms with Crippen molar-refractivity contribution >= 4 is 0 Å². The van der Waals surface area contributed by atoms with Crippen LogP contribution in [0, 0.1) is 11.8 Å². The lowest BCUT2D eigenvalue weighted by atomic mass is 10.2. The highest BCUT2D eigenvalue weighted by Gasteiger charge is 2.31. The summed E-state index contributed by atoms with van der Waals surface area (Å²) in [6.07, 6.45) is -2.61. The van der Waals surface area contributed by atoms with Gasteiger partial charge in [0.05, 0.1) is 0 Å². The van der Waals surface area contributed by atoms with Gasteiger partial charge in [-0.3, -0.25) is 4.98 Å². The molecule has 1 heterocycles. The molecule has 0 aliphatic carbocycles. The Morgan fingerprint density at radius 3 is 2.62 bits per heavy atom. The van der Waals surface area contributed by atoms with Gasteiger partial charge in [0.2, 0.25) is 0 Å². The highest BCUT2D eigenvalue weighted by atomic mass is 19.4. The normalized spacial score (nSPS) is 10.8. The van der Waals surface area contributed by atoms with Crippen LogP contribution < -0.4 is 5.32 Å². The number of hydrogen-bond donors (Lipinski definition) is 1. The van der Waals surface area contributed by atoms with Crippen molar-refractivity contribution in [2.24, 2.45) is 0 Å². The molecule has 1 rings (SSSR count). The molecule has 0 atom stereocenters. The summed E-state index contributed by atoms with van der Waals surface area (Å²) in [5, 5.41) is 2.92. The van der Waals surface area contributed by atoms with E-state index in [1.165, 1.54) is 6.07 Å². The summed E-state index contributed by atoms with van der Waals surface area (Å²) in [6, 6.07) is 2.25. The number of nitrogens with zero attached hydrogens (tertiary/aromatic N) is 1. The number of alkyl halides is 3. The van der Waals surface area contributed by atoms with Gasteiger partial charge < -0.3 is 5.32 Å². The van der Waals surface area contributed by atoms with Gasteiger partial charge in [-0.25, -0.2) is 0 Å². The summed E-state index contributed by atoms with van der Waals surface area (Å²) < 4.78 is 36.5. The van der Waals surface area contributed by atoms with Crippen molar-refractivity contribution in [3.05, 3.63) is 29.6 Å². The van der Waals surface area contributed by atoms with E-state index >= 15 is 0 Å². The minimum Gasteiger partial charge on any atom is -0.319 e. The van der Waals surface area contributed by atoms with Crippen molar-refractivity contribution < 1.29 is 13.2 Å². The SMILES string of the molecule is CNCCC#Cc1ccc(C(F)(F)F)nc1. The Morgan fingerprint density at radius 2 is 2.12 bits per heavy atom. The first-order valence-electron chi connectivity index (χ1n) is 4.71. The molecule has 0 saturated heterocycles. The number of rotatable bonds is 2. The van der Waals surface area contributed by atoms with Crippen molar-refractivity contribution in [1.29, 1.82) is 0 Å². The second kappa shape index (κ2) is 5.52. The molecule has 0 bridgehead atoms. The van der Waals surface area contributed by atoms with Crippen LogP contribution in [0.4, 0.5) is 13.2 Å². The Labute approximate surface area is 91.9 Å². The highest BCUT2D eigenvalue weighted by molar-refractivity contribution is 5.32. The van der Waals surface area contributed by atoms with E-state index in [1.807, 2.05) is 0 Å². The van der Waals surface area contributed by atoms with Crippen LogP contribution in [0.15, 0.2) is 18.3 Å². The van der Waals surface area contributed by atoms with Gasteiger partial charge in [-0.1, -0.05) is 11.8 Å². The molecule has 1 N–H and O–H groups in total. The van der Waals surface area contributed by atoms with Crippen LogP contribution in [-0.2, 0) is 6.18 Å². The lowest BCUT2D eigenvalue weighted by molar-refractivity contribution is -0.141. The van der Waals surface area contributed by atoms with Gasteiger partial charge in [0.25, 0.3) is 0 Å². The first-order valence-corrected chi connectivity index (χ1v) is 4.71. The van der Waals surface area contributed by atoms with E-state index in [4.69, 9.17) is 0 Å². The van der Waals surface area contributed by atoms with Crippen molar-refractivity contribution in [2.75, 3.05) is 13.6 Å². The highest BCUT2D eigenvalue weighted by Crippen LogP contribution is 2.26. The maximum absolute atomic E-state index is 12.2. The molecule has 0 aromatic carbocycles. The average molecular weight is 228 g/mol. The molecule has 0 saturated carbocycles. The summed E-state index contributed by atoms with van der Waals surface area (Å²) in [6.45, 7) is 0.751. The van der Waals surface area contributed by atoms with Crippen molar-refractivity contribution in [2.45, 2.75) is 12.6 Å². The van der Waals surface area contributed by atoms with Crippen molar-refractivity contribution in [3.63, 3.8) is 0 Å². The standard InChI is InChI=1S/C11H11F3N2/c1-15-7-3-2-4-9-5-6-10(16-8-9)11(12,13)14/h5-6,8,15H,3,7H2,1H3. The summed E-state index contributed by atoms with van der Waals surface area (Å²) in [7, 11) is 1.81. The lowest BCUT2D eigenvalue weighted by Gasteiger charge is -2.03. The molecule has 0 fully saturated rings. The first-order chi connectivity index (χ1) is 7.54. The van der Waals surface area contributed by atoms with Crippen LogP contribution in [0.3, 0.4) is 0 Å². The van der Waals surface area contributed by atoms with Gasteiger partial charge in [-0.05, 0) is 19.2 Å². The number of hydrogen-bond acceptors (Lipinski definition) is 2. The lowest BCUT2D eigenvalue weighted by Crippen LogP contribution is -2.07. The molecule has 0 spiro atoms. The number of aromatic nitrogens is 1. The molecule has 5 heteroatoms. The maximum atomic E-state index is 12.2. The fraction of sp³-hybridized carbons (Fsp3) is 0.364. The molecule has 1 aromatic heterocycles. The number of pyridine rings is 1.